The minimum Gasteiger partial charge on any atom is -0.344 e. The highest BCUT2D eigenvalue weighted by Crippen LogP contribution is 2.14. The molecule has 0 rings (SSSR count). The van der Waals surface area contributed by atoms with Gasteiger partial charge in [0.1, 0.15) is 0 Å². The smallest absolute Gasteiger partial charge is 0.267 e. The van der Waals surface area contributed by atoms with Crippen molar-refractivity contribution in [2.45, 2.75) is 155 Å². The lowest BCUT2D eigenvalue weighted by molar-refractivity contribution is 0.305. The molecule has 0 aliphatic heterocycles. The van der Waals surface area contributed by atoms with Crippen LogP contribution in [0, 0.1) is 0 Å². The summed E-state index contributed by atoms with van der Waals surface area (Å²) in [4.78, 5) is 0. The number of alkyl halides is 1. The highest BCUT2D eigenvalue weighted by molar-refractivity contribution is 7.86. The van der Waals surface area contributed by atoms with Crippen LogP contribution in [0.1, 0.15) is 155 Å². The lowest BCUT2D eigenvalue weighted by Crippen LogP contribution is -2.11. The van der Waals surface area contributed by atoms with Crippen LogP contribution in [0.2, 0.25) is 0 Å². The first-order valence-electron chi connectivity index (χ1n) is 14.1. The monoisotopic (exact) mass is 495 g/mol. The van der Waals surface area contributed by atoms with Gasteiger partial charge in [0.05, 0.1) is 19.0 Å². The van der Waals surface area contributed by atoms with Crippen LogP contribution < -0.4 is 6.15 Å². The van der Waals surface area contributed by atoms with Gasteiger partial charge >= 0.3 is 0 Å². The lowest BCUT2D eigenvalue weighted by atomic mass is 10.0. The molecule has 0 heterocycles. The third kappa shape index (κ3) is 29.8. The normalized spacial score (nSPS) is 11.6. The van der Waals surface area contributed by atoms with Gasteiger partial charge in [-0.25, -0.2) is 0 Å². The number of rotatable bonds is 27. The van der Waals surface area contributed by atoms with Gasteiger partial charge in [-0.2, -0.15) is 8.42 Å². The molecule has 0 aliphatic carbocycles. The first kappa shape index (κ1) is 35.0. The van der Waals surface area contributed by atoms with Crippen LogP contribution in [0.15, 0.2) is 0 Å². The maximum absolute atomic E-state index is 12.0. The first-order chi connectivity index (χ1) is 15.6. The summed E-state index contributed by atoms with van der Waals surface area (Å²) < 4.78 is 41.0. The van der Waals surface area contributed by atoms with E-state index in [1.54, 1.807) is 0 Å². The van der Waals surface area contributed by atoms with E-state index in [1.165, 1.54) is 89.9 Å². The zero-order chi connectivity index (χ0) is 23.6. The van der Waals surface area contributed by atoms with E-state index in [4.69, 9.17) is 4.18 Å². The van der Waals surface area contributed by atoms with Gasteiger partial charge in [-0.1, -0.05) is 135 Å². The predicted molar refractivity (Wildman–Crippen MR) is 143 cm³/mol. The van der Waals surface area contributed by atoms with Crippen molar-refractivity contribution >= 4 is 10.1 Å². The fourth-order valence-corrected chi connectivity index (χ4v) is 5.20. The van der Waals surface area contributed by atoms with Gasteiger partial charge in [0.15, 0.2) is 0 Å². The number of halogens is 1. The molecular formula is C27H58FNO3S. The molecule has 0 amide bonds. The summed E-state index contributed by atoms with van der Waals surface area (Å²) in [5.41, 5.74) is 0. The van der Waals surface area contributed by atoms with E-state index in [2.05, 4.69) is 6.92 Å². The minimum atomic E-state index is -3.34. The zero-order valence-corrected chi connectivity index (χ0v) is 22.9. The van der Waals surface area contributed by atoms with Crippen LogP contribution in [-0.4, -0.2) is 27.5 Å². The Morgan fingerprint density at radius 2 is 0.848 bits per heavy atom. The molecule has 3 N–H and O–H groups in total. The molecule has 0 bridgehead atoms. The Morgan fingerprint density at radius 1 is 0.515 bits per heavy atom. The molecule has 0 unspecified atom stereocenters. The quantitative estimate of drug-likeness (QED) is 0.0908. The molecule has 0 fully saturated rings. The van der Waals surface area contributed by atoms with Crippen molar-refractivity contribution < 1.29 is 17.0 Å². The van der Waals surface area contributed by atoms with Crippen LogP contribution in [0.25, 0.3) is 0 Å². The van der Waals surface area contributed by atoms with Gasteiger partial charge in [0.25, 0.3) is 10.1 Å². The van der Waals surface area contributed by atoms with Crippen molar-refractivity contribution in [1.29, 1.82) is 0 Å². The maximum Gasteiger partial charge on any atom is 0.267 e. The molecule has 4 nitrogen and oxygen atoms in total. The van der Waals surface area contributed by atoms with Crippen molar-refractivity contribution in [2.24, 2.45) is 0 Å². The third-order valence-electron chi connectivity index (χ3n) is 6.29. The van der Waals surface area contributed by atoms with Crippen LogP contribution in [0.3, 0.4) is 0 Å². The molecule has 202 valence electrons. The van der Waals surface area contributed by atoms with Gasteiger partial charge in [-0.3, -0.25) is 8.57 Å². The summed E-state index contributed by atoms with van der Waals surface area (Å²) in [6.45, 7) is 2.41. The molecule has 0 atom stereocenters. The Hall–Kier alpha value is -0.200. The fourth-order valence-electron chi connectivity index (χ4n) is 4.15. The third-order valence-corrected chi connectivity index (χ3v) is 7.60. The Labute approximate surface area is 206 Å². The molecule has 0 aliphatic rings. The van der Waals surface area contributed by atoms with Crippen LogP contribution >= 0.6 is 0 Å². The predicted octanol–water partition coefficient (Wildman–Crippen LogP) is 9.46. The van der Waals surface area contributed by atoms with Crippen molar-refractivity contribution in [3.8, 4) is 0 Å². The number of hydrogen-bond acceptors (Lipinski definition) is 4. The second-order valence-corrected chi connectivity index (χ2v) is 11.3. The summed E-state index contributed by atoms with van der Waals surface area (Å²) >= 11 is 0. The summed E-state index contributed by atoms with van der Waals surface area (Å²) in [6, 6.07) is 0. The van der Waals surface area contributed by atoms with E-state index in [-0.39, 0.29) is 18.6 Å². The fraction of sp³-hybridized carbons (Fsp3) is 1.00. The van der Waals surface area contributed by atoms with E-state index in [0.717, 1.165) is 44.9 Å². The summed E-state index contributed by atoms with van der Waals surface area (Å²) in [5.74, 6) is 0.155. The van der Waals surface area contributed by atoms with Crippen LogP contribution in [-0.2, 0) is 14.3 Å². The van der Waals surface area contributed by atoms with Crippen molar-refractivity contribution in [2.75, 3.05) is 19.0 Å². The topological polar surface area (TPSA) is 78.4 Å². The van der Waals surface area contributed by atoms with Crippen LogP contribution in [0.5, 0.6) is 0 Å². The average Bonchev–Trinajstić information content (AvgIpc) is 2.77. The summed E-state index contributed by atoms with van der Waals surface area (Å²) in [7, 11) is -3.34. The highest BCUT2D eigenvalue weighted by Gasteiger charge is 2.10. The van der Waals surface area contributed by atoms with E-state index in [9.17, 15) is 12.8 Å². The molecule has 0 aromatic heterocycles. The molecular weight excluding hydrogens is 437 g/mol. The Balaban J connectivity index is 0. The first-order valence-corrected chi connectivity index (χ1v) is 15.6. The minimum absolute atomic E-state index is 0. The maximum atomic E-state index is 12.0. The van der Waals surface area contributed by atoms with Crippen LogP contribution in [0.4, 0.5) is 4.39 Å². The Bertz CT molecular complexity index is 460. The second kappa shape index (κ2) is 28.0. The highest BCUT2D eigenvalue weighted by atomic mass is 32.2. The standard InChI is InChI=1S/C27H55FO3S.H3N/c1-2-3-4-5-6-7-8-9-10-11-14-17-20-23-26-31-32(29,30)27-24-21-18-15-12-13-16-19-22-25-28;/h2-27H2,1H3;1H3. The van der Waals surface area contributed by atoms with Gasteiger partial charge in [-0.05, 0) is 19.3 Å². The van der Waals surface area contributed by atoms with E-state index in [0.29, 0.717) is 19.4 Å². The zero-order valence-electron chi connectivity index (χ0n) is 22.1. The summed E-state index contributed by atoms with van der Waals surface area (Å²) in [5, 5.41) is 0. The van der Waals surface area contributed by atoms with Crippen molar-refractivity contribution in [3.05, 3.63) is 0 Å². The van der Waals surface area contributed by atoms with E-state index in [1.807, 2.05) is 0 Å². The Kier molecular flexibility index (Phi) is 29.7. The van der Waals surface area contributed by atoms with Crippen molar-refractivity contribution in [3.63, 3.8) is 0 Å². The lowest BCUT2D eigenvalue weighted by Gasteiger charge is -2.06. The largest absolute Gasteiger partial charge is 0.344 e. The molecule has 0 spiro atoms. The molecule has 0 saturated carbocycles. The average molecular weight is 496 g/mol. The molecule has 0 radical (unpaired) electrons. The second-order valence-electron chi connectivity index (χ2n) is 9.55. The van der Waals surface area contributed by atoms with E-state index < -0.39 is 10.1 Å². The van der Waals surface area contributed by atoms with Gasteiger partial charge in [0, 0.05) is 0 Å². The molecule has 6 heteroatoms. The SMILES string of the molecule is CCCCCCCCCCCCCCCCOS(=O)(=O)CCCCCCCCCCCF.N. The summed E-state index contributed by atoms with van der Waals surface area (Å²) in [6.07, 6.45) is 27.2. The molecule has 33 heavy (non-hydrogen) atoms. The molecule has 0 aromatic rings. The Morgan fingerprint density at radius 3 is 1.24 bits per heavy atom. The van der Waals surface area contributed by atoms with Gasteiger partial charge in [-0.15, -0.1) is 0 Å². The van der Waals surface area contributed by atoms with Gasteiger partial charge < -0.3 is 6.15 Å². The number of hydrogen-bond donors (Lipinski definition) is 1. The van der Waals surface area contributed by atoms with Crippen molar-refractivity contribution in [1.82, 2.24) is 6.15 Å². The number of unbranched alkanes of at least 4 members (excludes halogenated alkanes) is 21. The molecule has 0 aromatic carbocycles. The van der Waals surface area contributed by atoms with E-state index >= 15 is 0 Å². The van der Waals surface area contributed by atoms with Gasteiger partial charge in [0.2, 0.25) is 0 Å². The molecule has 0 saturated heterocycles.